The van der Waals surface area contributed by atoms with Crippen LogP contribution in [0.25, 0.3) is 6.08 Å². The van der Waals surface area contributed by atoms with E-state index < -0.39 is 0 Å². The molecule has 0 aromatic heterocycles. The van der Waals surface area contributed by atoms with E-state index in [0.717, 1.165) is 31.1 Å². The van der Waals surface area contributed by atoms with Gasteiger partial charge in [0.25, 0.3) is 0 Å². The van der Waals surface area contributed by atoms with Crippen LogP contribution in [-0.4, -0.2) is 50.8 Å². The molecular formula is C19H25NO4. The zero-order valence-corrected chi connectivity index (χ0v) is 14.4. The first-order valence-electron chi connectivity index (χ1n) is 8.50. The molecule has 1 saturated heterocycles. The van der Waals surface area contributed by atoms with Crippen molar-refractivity contribution in [1.82, 2.24) is 4.90 Å². The lowest BCUT2D eigenvalue weighted by Gasteiger charge is -2.15. The van der Waals surface area contributed by atoms with Gasteiger partial charge in [-0.2, -0.15) is 0 Å². The van der Waals surface area contributed by atoms with Gasteiger partial charge < -0.3 is 19.1 Å². The predicted molar refractivity (Wildman–Crippen MR) is 92.2 cm³/mol. The first-order valence-corrected chi connectivity index (χ1v) is 8.50. The van der Waals surface area contributed by atoms with Gasteiger partial charge in [0.15, 0.2) is 11.5 Å². The van der Waals surface area contributed by atoms with Crippen molar-refractivity contribution < 1.29 is 19.0 Å². The Morgan fingerprint density at radius 2 is 2.00 bits per heavy atom. The van der Waals surface area contributed by atoms with Crippen molar-refractivity contribution in [2.45, 2.75) is 25.4 Å². The van der Waals surface area contributed by atoms with Crippen molar-refractivity contribution in [3.63, 3.8) is 0 Å². The van der Waals surface area contributed by atoms with Crippen LogP contribution in [0.15, 0.2) is 24.3 Å². The zero-order chi connectivity index (χ0) is 16.9. The number of methoxy groups -OCH3 is 2. The minimum atomic E-state index is 0.0299. The van der Waals surface area contributed by atoms with Gasteiger partial charge in [-0.3, -0.25) is 4.79 Å². The maximum Gasteiger partial charge on any atom is 0.246 e. The number of ether oxygens (including phenoxy) is 3. The Morgan fingerprint density at radius 3 is 2.71 bits per heavy atom. The highest BCUT2D eigenvalue weighted by molar-refractivity contribution is 5.92. The van der Waals surface area contributed by atoms with Gasteiger partial charge in [-0.25, -0.2) is 0 Å². The third-order valence-electron chi connectivity index (χ3n) is 4.55. The summed E-state index contributed by atoms with van der Waals surface area (Å²) in [5.41, 5.74) is 0.904. The van der Waals surface area contributed by atoms with Crippen LogP contribution in [0, 0.1) is 5.92 Å². The zero-order valence-electron chi connectivity index (χ0n) is 14.4. The van der Waals surface area contributed by atoms with Crippen LogP contribution >= 0.6 is 0 Å². The molecule has 0 N–H and O–H groups in total. The second-order valence-electron chi connectivity index (χ2n) is 6.42. The van der Waals surface area contributed by atoms with Crippen molar-refractivity contribution in [3.05, 3.63) is 29.8 Å². The van der Waals surface area contributed by atoms with Crippen molar-refractivity contribution >= 4 is 12.0 Å². The molecule has 5 nitrogen and oxygen atoms in total. The Bertz CT molecular complexity index is 609. The number of carbonyl (C=O) groups is 1. The van der Waals surface area contributed by atoms with E-state index in [0.29, 0.717) is 18.0 Å². The number of hydrogen-bond donors (Lipinski definition) is 0. The van der Waals surface area contributed by atoms with E-state index in [9.17, 15) is 4.79 Å². The minimum absolute atomic E-state index is 0.0299. The van der Waals surface area contributed by atoms with Gasteiger partial charge in [0.05, 0.1) is 20.3 Å². The minimum Gasteiger partial charge on any atom is -0.493 e. The first-order chi connectivity index (χ1) is 11.7. The molecule has 24 heavy (non-hydrogen) atoms. The molecule has 1 aromatic carbocycles. The van der Waals surface area contributed by atoms with Crippen LogP contribution in [0.4, 0.5) is 0 Å². The molecule has 1 atom stereocenters. The van der Waals surface area contributed by atoms with Crippen LogP contribution in [0.5, 0.6) is 11.5 Å². The number of benzene rings is 1. The fraction of sp³-hybridized carbons (Fsp3) is 0.526. The molecule has 0 bridgehead atoms. The molecule has 5 heteroatoms. The van der Waals surface area contributed by atoms with Crippen molar-refractivity contribution in [1.29, 1.82) is 0 Å². The van der Waals surface area contributed by atoms with Gasteiger partial charge in [0.1, 0.15) is 0 Å². The maximum absolute atomic E-state index is 12.3. The molecule has 2 aliphatic rings. The molecule has 1 saturated carbocycles. The van der Waals surface area contributed by atoms with Crippen LogP contribution in [0.1, 0.15) is 24.8 Å². The molecule has 0 spiro atoms. The van der Waals surface area contributed by atoms with Gasteiger partial charge >= 0.3 is 0 Å². The van der Waals surface area contributed by atoms with E-state index in [1.807, 2.05) is 29.2 Å². The highest BCUT2D eigenvalue weighted by atomic mass is 16.5. The summed E-state index contributed by atoms with van der Waals surface area (Å²) in [6.07, 6.45) is 7.15. The third kappa shape index (κ3) is 4.29. The SMILES string of the molecule is COc1ccc(/C=C/C(=O)N2CCC(OCC3CC3)C2)cc1OC. The topological polar surface area (TPSA) is 48.0 Å². The summed E-state index contributed by atoms with van der Waals surface area (Å²) in [6, 6.07) is 5.59. The summed E-state index contributed by atoms with van der Waals surface area (Å²) in [6.45, 7) is 2.32. The Hall–Kier alpha value is -2.01. The summed E-state index contributed by atoms with van der Waals surface area (Å²) in [5, 5.41) is 0. The fourth-order valence-electron chi connectivity index (χ4n) is 2.85. The predicted octanol–water partition coefficient (Wildman–Crippen LogP) is 2.74. The molecule has 0 radical (unpaired) electrons. The smallest absolute Gasteiger partial charge is 0.246 e. The molecule has 1 aromatic rings. The standard InChI is InChI=1S/C19H25NO4/c1-22-17-7-5-14(11-18(17)23-2)6-8-19(21)20-10-9-16(12-20)24-13-15-3-4-15/h5-8,11,15-16H,3-4,9-10,12-13H2,1-2H3/b8-6+. The average molecular weight is 331 g/mol. The fourth-order valence-corrected chi connectivity index (χ4v) is 2.85. The third-order valence-corrected chi connectivity index (χ3v) is 4.55. The van der Waals surface area contributed by atoms with Crippen LogP contribution in [-0.2, 0) is 9.53 Å². The summed E-state index contributed by atoms with van der Waals surface area (Å²) < 4.78 is 16.4. The first kappa shape index (κ1) is 16.8. The average Bonchev–Trinajstić information content (AvgIpc) is 3.33. The number of hydrogen-bond acceptors (Lipinski definition) is 4. The molecule has 1 aliphatic heterocycles. The number of amides is 1. The van der Waals surface area contributed by atoms with Crippen molar-refractivity contribution in [2.75, 3.05) is 33.9 Å². The van der Waals surface area contributed by atoms with E-state index >= 15 is 0 Å². The molecule has 1 unspecified atom stereocenters. The van der Waals surface area contributed by atoms with Crippen molar-refractivity contribution in [2.24, 2.45) is 5.92 Å². The molecule has 1 heterocycles. The Morgan fingerprint density at radius 1 is 1.21 bits per heavy atom. The largest absolute Gasteiger partial charge is 0.493 e. The van der Waals surface area contributed by atoms with E-state index in [1.165, 1.54) is 12.8 Å². The number of rotatable bonds is 7. The number of nitrogens with zero attached hydrogens (tertiary/aromatic N) is 1. The van der Waals surface area contributed by atoms with E-state index in [1.54, 1.807) is 20.3 Å². The quantitative estimate of drug-likeness (QED) is 0.721. The van der Waals surface area contributed by atoms with Crippen molar-refractivity contribution in [3.8, 4) is 11.5 Å². The Labute approximate surface area is 143 Å². The lowest BCUT2D eigenvalue weighted by molar-refractivity contribution is -0.125. The van der Waals surface area contributed by atoms with Crippen LogP contribution < -0.4 is 9.47 Å². The molecule has 1 amide bonds. The maximum atomic E-state index is 12.3. The number of likely N-dealkylation sites (tertiary alicyclic amines) is 1. The molecule has 2 fully saturated rings. The second-order valence-corrected chi connectivity index (χ2v) is 6.42. The number of carbonyl (C=O) groups excluding carboxylic acids is 1. The van der Waals surface area contributed by atoms with E-state index in [-0.39, 0.29) is 12.0 Å². The van der Waals surface area contributed by atoms with Gasteiger partial charge in [-0.1, -0.05) is 6.07 Å². The monoisotopic (exact) mass is 331 g/mol. The van der Waals surface area contributed by atoms with Gasteiger partial charge in [-0.15, -0.1) is 0 Å². The molecular weight excluding hydrogens is 306 g/mol. The Balaban J connectivity index is 1.53. The van der Waals surface area contributed by atoms with E-state index in [4.69, 9.17) is 14.2 Å². The van der Waals surface area contributed by atoms with E-state index in [2.05, 4.69) is 0 Å². The van der Waals surface area contributed by atoms with Crippen LogP contribution in [0.3, 0.4) is 0 Å². The van der Waals surface area contributed by atoms with Gasteiger partial charge in [0, 0.05) is 25.8 Å². The molecule has 3 rings (SSSR count). The summed E-state index contributed by atoms with van der Waals surface area (Å²) in [5.74, 6) is 2.12. The summed E-state index contributed by atoms with van der Waals surface area (Å²) >= 11 is 0. The highest BCUT2D eigenvalue weighted by Gasteiger charge is 2.28. The normalized spacial score (nSPS) is 20.6. The van der Waals surface area contributed by atoms with Gasteiger partial charge in [0.2, 0.25) is 5.91 Å². The lowest BCUT2D eigenvalue weighted by Crippen LogP contribution is -2.28. The van der Waals surface area contributed by atoms with Crippen LogP contribution in [0.2, 0.25) is 0 Å². The van der Waals surface area contributed by atoms with Gasteiger partial charge in [-0.05, 0) is 49.0 Å². The molecule has 1 aliphatic carbocycles. The summed E-state index contributed by atoms with van der Waals surface area (Å²) in [4.78, 5) is 14.2. The highest BCUT2D eigenvalue weighted by Crippen LogP contribution is 2.30. The summed E-state index contributed by atoms with van der Waals surface area (Å²) in [7, 11) is 3.20. The lowest BCUT2D eigenvalue weighted by atomic mass is 10.2. The molecule has 130 valence electrons. The second kappa shape index (κ2) is 7.71. The Kier molecular flexibility index (Phi) is 5.41.